The van der Waals surface area contributed by atoms with Crippen molar-refractivity contribution in [2.45, 2.75) is 6.04 Å². The zero-order valence-electron chi connectivity index (χ0n) is 18.1. The van der Waals surface area contributed by atoms with Gasteiger partial charge >= 0.3 is 0 Å². The molecule has 4 rings (SSSR count). The van der Waals surface area contributed by atoms with Gasteiger partial charge in [-0.15, -0.1) is 0 Å². The second-order valence-electron chi connectivity index (χ2n) is 7.43. The molecule has 0 aliphatic carbocycles. The van der Waals surface area contributed by atoms with Crippen LogP contribution in [0.2, 0.25) is 0 Å². The molecule has 0 saturated carbocycles. The number of ketones is 1. The molecule has 1 unspecified atom stereocenters. The number of phenolic OH excluding ortho intramolecular Hbond substituents is 1. The van der Waals surface area contributed by atoms with Crippen LogP contribution in [0.15, 0.2) is 66.2 Å². The van der Waals surface area contributed by atoms with Gasteiger partial charge < -0.3 is 19.7 Å². The molecule has 2 N–H and O–H groups in total. The van der Waals surface area contributed by atoms with Crippen molar-refractivity contribution in [2.24, 2.45) is 0 Å². The molecule has 1 fully saturated rings. The highest BCUT2D eigenvalue weighted by molar-refractivity contribution is 6.51. The van der Waals surface area contributed by atoms with E-state index in [2.05, 4.69) is 0 Å². The molecule has 34 heavy (non-hydrogen) atoms. The van der Waals surface area contributed by atoms with Gasteiger partial charge in [0.25, 0.3) is 11.7 Å². The normalized spacial score (nSPS) is 17.2. The number of phenols is 1. The van der Waals surface area contributed by atoms with Gasteiger partial charge in [0.05, 0.1) is 25.8 Å². The number of halogens is 2. The molecular weight excluding hydrogens is 448 g/mol. The predicted molar refractivity (Wildman–Crippen MR) is 119 cm³/mol. The summed E-state index contributed by atoms with van der Waals surface area (Å²) in [6.07, 6.45) is 0. The Hall–Kier alpha value is -4.40. The van der Waals surface area contributed by atoms with Crippen LogP contribution in [0, 0.1) is 11.6 Å². The number of ether oxygens (including phenoxy) is 2. The van der Waals surface area contributed by atoms with Gasteiger partial charge in [0.2, 0.25) is 0 Å². The molecule has 0 aromatic heterocycles. The summed E-state index contributed by atoms with van der Waals surface area (Å²) in [6, 6.07) is 11.8. The highest BCUT2D eigenvalue weighted by Gasteiger charge is 2.47. The summed E-state index contributed by atoms with van der Waals surface area (Å²) < 4.78 is 37.7. The van der Waals surface area contributed by atoms with Crippen LogP contribution in [-0.2, 0) is 9.59 Å². The Bertz CT molecular complexity index is 1320. The number of aliphatic hydroxyl groups is 1. The van der Waals surface area contributed by atoms with Gasteiger partial charge in [0, 0.05) is 17.3 Å². The number of amides is 1. The second-order valence-corrected chi connectivity index (χ2v) is 7.43. The number of carbonyl (C=O) groups is 2. The summed E-state index contributed by atoms with van der Waals surface area (Å²) in [5.41, 5.74) is 0.0728. The molecule has 7 nitrogen and oxygen atoms in total. The van der Waals surface area contributed by atoms with E-state index in [1.807, 2.05) is 0 Å². The van der Waals surface area contributed by atoms with Crippen molar-refractivity contribution in [3.63, 3.8) is 0 Å². The molecule has 1 aliphatic heterocycles. The molecule has 1 amide bonds. The molecule has 174 valence electrons. The molecule has 1 saturated heterocycles. The molecule has 1 heterocycles. The van der Waals surface area contributed by atoms with Crippen molar-refractivity contribution in [2.75, 3.05) is 19.1 Å². The van der Waals surface area contributed by atoms with Crippen LogP contribution >= 0.6 is 0 Å². The van der Waals surface area contributed by atoms with Crippen LogP contribution in [0.5, 0.6) is 17.2 Å². The summed E-state index contributed by atoms with van der Waals surface area (Å²) in [6.45, 7) is 0. The number of aromatic hydroxyl groups is 1. The second kappa shape index (κ2) is 8.86. The molecule has 9 heteroatoms. The van der Waals surface area contributed by atoms with Crippen LogP contribution in [0.4, 0.5) is 14.5 Å². The van der Waals surface area contributed by atoms with E-state index >= 15 is 0 Å². The number of benzene rings is 3. The van der Waals surface area contributed by atoms with Gasteiger partial charge in [0.1, 0.15) is 11.5 Å². The maximum atomic E-state index is 14.0. The van der Waals surface area contributed by atoms with Crippen molar-refractivity contribution >= 4 is 23.1 Å². The Morgan fingerprint density at radius 3 is 2.21 bits per heavy atom. The van der Waals surface area contributed by atoms with E-state index in [1.165, 1.54) is 44.6 Å². The summed E-state index contributed by atoms with van der Waals surface area (Å²) in [7, 11) is 2.82. The number of aliphatic hydroxyl groups excluding tert-OH is 1. The lowest BCUT2D eigenvalue weighted by molar-refractivity contribution is -0.132. The Labute approximate surface area is 193 Å². The molecular formula is C25H19F2NO6. The van der Waals surface area contributed by atoms with Gasteiger partial charge in [-0.2, -0.15) is 0 Å². The van der Waals surface area contributed by atoms with Crippen molar-refractivity contribution in [1.82, 2.24) is 0 Å². The Morgan fingerprint density at radius 2 is 1.62 bits per heavy atom. The average Bonchev–Trinajstić information content (AvgIpc) is 3.10. The number of nitrogens with zero attached hydrogens (tertiary/aromatic N) is 1. The monoisotopic (exact) mass is 467 g/mol. The lowest BCUT2D eigenvalue weighted by atomic mass is 9.94. The Kier molecular flexibility index (Phi) is 5.93. The molecule has 3 aromatic rings. The van der Waals surface area contributed by atoms with Crippen molar-refractivity contribution in [3.8, 4) is 17.2 Å². The third-order valence-electron chi connectivity index (χ3n) is 5.51. The van der Waals surface area contributed by atoms with Gasteiger partial charge in [0.15, 0.2) is 23.1 Å². The van der Waals surface area contributed by atoms with Crippen LogP contribution in [-0.4, -0.2) is 36.1 Å². The quantitative estimate of drug-likeness (QED) is 0.330. The first-order valence-electron chi connectivity index (χ1n) is 10.0. The molecule has 0 spiro atoms. The number of methoxy groups -OCH3 is 2. The highest BCUT2D eigenvalue weighted by atomic mass is 19.2. The first kappa shape index (κ1) is 22.8. The van der Waals surface area contributed by atoms with E-state index in [0.29, 0.717) is 5.75 Å². The first-order valence-corrected chi connectivity index (χ1v) is 10.0. The highest BCUT2D eigenvalue weighted by Crippen LogP contribution is 2.44. The van der Waals surface area contributed by atoms with E-state index in [-0.39, 0.29) is 33.9 Å². The van der Waals surface area contributed by atoms with Crippen molar-refractivity contribution in [1.29, 1.82) is 0 Å². The lowest BCUT2D eigenvalue weighted by Crippen LogP contribution is -2.29. The summed E-state index contributed by atoms with van der Waals surface area (Å²) in [5.74, 6) is -4.53. The molecule has 1 aliphatic rings. The number of anilines is 1. The number of hydrogen-bond acceptors (Lipinski definition) is 6. The Balaban J connectivity index is 1.95. The standard InChI is InChI=1S/C25H19F2NO6/c1-33-16-7-3-13(4-8-16)23(30)21-22(14-5-10-20(34-2)19(29)11-14)28(25(32)24(21)31)15-6-9-17(26)18(27)12-15/h3-12,22,29-30H,1-2H3/b23-21+. The van der Waals surface area contributed by atoms with Gasteiger partial charge in [-0.3, -0.25) is 14.5 Å². The molecule has 1 atom stereocenters. The van der Waals surface area contributed by atoms with Gasteiger partial charge in [-0.1, -0.05) is 6.07 Å². The maximum absolute atomic E-state index is 14.0. The topological polar surface area (TPSA) is 96.3 Å². The van der Waals surface area contributed by atoms with Crippen LogP contribution < -0.4 is 14.4 Å². The van der Waals surface area contributed by atoms with Crippen LogP contribution in [0.1, 0.15) is 17.2 Å². The minimum Gasteiger partial charge on any atom is -0.507 e. The third-order valence-corrected chi connectivity index (χ3v) is 5.51. The largest absolute Gasteiger partial charge is 0.507 e. The minimum absolute atomic E-state index is 0.102. The molecule has 3 aromatic carbocycles. The van der Waals surface area contributed by atoms with E-state index in [0.717, 1.165) is 23.1 Å². The lowest BCUT2D eigenvalue weighted by Gasteiger charge is -2.26. The zero-order valence-corrected chi connectivity index (χ0v) is 18.1. The number of carbonyl (C=O) groups excluding carboxylic acids is 2. The molecule has 0 bridgehead atoms. The SMILES string of the molecule is COc1ccc(/C(O)=C2\C(=O)C(=O)N(c3ccc(F)c(F)c3)C2c2ccc(OC)c(O)c2)cc1. The summed E-state index contributed by atoms with van der Waals surface area (Å²) in [5, 5.41) is 21.4. The number of Topliss-reactive ketones (excluding diaryl/α,β-unsaturated/α-hetero) is 1. The van der Waals surface area contributed by atoms with E-state index in [9.17, 15) is 28.6 Å². The van der Waals surface area contributed by atoms with E-state index < -0.39 is 35.1 Å². The van der Waals surface area contributed by atoms with Gasteiger partial charge in [-0.05, 0) is 54.1 Å². The minimum atomic E-state index is -1.25. The van der Waals surface area contributed by atoms with Crippen molar-refractivity contribution < 1.29 is 38.1 Å². The maximum Gasteiger partial charge on any atom is 0.300 e. The van der Waals surface area contributed by atoms with E-state index in [4.69, 9.17) is 9.47 Å². The van der Waals surface area contributed by atoms with E-state index in [1.54, 1.807) is 12.1 Å². The third kappa shape index (κ3) is 3.81. The zero-order chi connectivity index (χ0) is 24.6. The fraction of sp³-hybridized carbons (Fsp3) is 0.120. The average molecular weight is 467 g/mol. The number of hydrogen-bond donors (Lipinski definition) is 2. The van der Waals surface area contributed by atoms with Crippen molar-refractivity contribution in [3.05, 3.63) is 89.0 Å². The fourth-order valence-electron chi connectivity index (χ4n) is 3.83. The first-order chi connectivity index (χ1) is 16.3. The van der Waals surface area contributed by atoms with Crippen LogP contribution in [0.25, 0.3) is 5.76 Å². The molecule has 0 radical (unpaired) electrons. The number of rotatable bonds is 5. The smallest absolute Gasteiger partial charge is 0.300 e. The summed E-state index contributed by atoms with van der Waals surface area (Å²) in [4.78, 5) is 27.1. The predicted octanol–water partition coefficient (Wildman–Crippen LogP) is 4.31. The fourth-order valence-corrected chi connectivity index (χ4v) is 3.83. The van der Waals surface area contributed by atoms with Gasteiger partial charge in [-0.25, -0.2) is 8.78 Å². The van der Waals surface area contributed by atoms with Crippen LogP contribution in [0.3, 0.4) is 0 Å². The Morgan fingerprint density at radius 1 is 0.912 bits per heavy atom. The summed E-state index contributed by atoms with van der Waals surface area (Å²) >= 11 is 0.